The van der Waals surface area contributed by atoms with Crippen molar-refractivity contribution in [3.63, 3.8) is 0 Å². The van der Waals surface area contributed by atoms with Gasteiger partial charge in [-0.15, -0.1) is 0 Å². The Hall–Kier alpha value is -1.41. The van der Waals surface area contributed by atoms with Crippen molar-refractivity contribution >= 4 is 16.0 Å². The highest BCUT2D eigenvalue weighted by molar-refractivity contribution is 7.90. The Balaban J connectivity index is 2.33. The van der Waals surface area contributed by atoms with Gasteiger partial charge < -0.3 is 5.11 Å². The monoisotopic (exact) mass is 261 g/mol. The normalized spacial score (nSPS) is 13.5. The molecule has 0 aliphatic carbocycles. The highest BCUT2D eigenvalue weighted by atomic mass is 32.2. The number of hydrogen-bond acceptors (Lipinski definition) is 4. The maximum Gasteiger partial charge on any atom is 0.323 e. The van der Waals surface area contributed by atoms with E-state index in [0.717, 1.165) is 6.92 Å². The molecule has 0 fully saturated rings. The first-order valence-electron chi connectivity index (χ1n) is 5.12. The number of hydrogen-bond donors (Lipinski definition) is 2. The van der Waals surface area contributed by atoms with Crippen molar-refractivity contribution in [3.8, 4) is 0 Å². The summed E-state index contributed by atoms with van der Waals surface area (Å²) < 4.78 is 26.8. The van der Waals surface area contributed by atoms with Gasteiger partial charge in [0.2, 0.25) is 10.0 Å². The number of aliphatic carboxylic acids is 1. The number of rotatable bonds is 7. The number of carboxylic acid groups (broad SMARTS) is 1. The fraction of sp³-hybridized carbons (Fsp3) is 0.556. The van der Waals surface area contributed by atoms with Crippen molar-refractivity contribution in [1.29, 1.82) is 0 Å². The SMILES string of the molecule is CC(C(=O)O)S(=O)(=O)NCCCn1cccn1. The van der Waals surface area contributed by atoms with Crippen LogP contribution in [-0.2, 0) is 21.4 Å². The second kappa shape index (κ2) is 5.78. The summed E-state index contributed by atoms with van der Waals surface area (Å²) in [6.07, 6.45) is 3.96. The number of sulfonamides is 1. The van der Waals surface area contributed by atoms with Gasteiger partial charge in [0, 0.05) is 25.5 Å². The van der Waals surface area contributed by atoms with E-state index in [1.54, 1.807) is 23.1 Å². The van der Waals surface area contributed by atoms with Crippen molar-refractivity contribution in [2.45, 2.75) is 25.1 Å². The van der Waals surface area contributed by atoms with Crippen LogP contribution in [0, 0.1) is 0 Å². The van der Waals surface area contributed by atoms with Crippen LogP contribution in [0.4, 0.5) is 0 Å². The summed E-state index contributed by atoms with van der Waals surface area (Å²) in [5.74, 6) is -1.36. The Bertz CT molecular complexity index is 455. The Morgan fingerprint density at radius 1 is 1.59 bits per heavy atom. The standard InChI is InChI=1S/C9H15N3O4S/c1-8(9(13)14)17(15,16)11-5-3-7-12-6-2-4-10-12/h2,4,6,8,11H,3,5,7H2,1H3,(H,13,14). The summed E-state index contributed by atoms with van der Waals surface area (Å²) in [7, 11) is -3.78. The van der Waals surface area contributed by atoms with E-state index in [2.05, 4.69) is 9.82 Å². The quantitative estimate of drug-likeness (QED) is 0.654. The molecule has 8 heteroatoms. The first kappa shape index (κ1) is 13.7. The zero-order valence-corrected chi connectivity index (χ0v) is 10.2. The fourth-order valence-corrected chi connectivity index (χ4v) is 2.09. The summed E-state index contributed by atoms with van der Waals surface area (Å²) in [5.41, 5.74) is 0. The molecule has 17 heavy (non-hydrogen) atoms. The van der Waals surface area contributed by atoms with E-state index in [4.69, 9.17) is 5.11 Å². The molecular formula is C9H15N3O4S. The molecule has 1 rings (SSSR count). The molecule has 1 aromatic heterocycles. The van der Waals surface area contributed by atoms with E-state index in [-0.39, 0.29) is 6.54 Å². The molecule has 7 nitrogen and oxygen atoms in total. The van der Waals surface area contributed by atoms with Crippen LogP contribution in [0.25, 0.3) is 0 Å². The lowest BCUT2D eigenvalue weighted by molar-refractivity contribution is -0.136. The highest BCUT2D eigenvalue weighted by Gasteiger charge is 2.26. The molecule has 0 spiro atoms. The van der Waals surface area contributed by atoms with Gasteiger partial charge in [-0.3, -0.25) is 9.48 Å². The first-order valence-corrected chi connectivity index (χ1v) is 6.67. The molecular weight excluding hydrogens is 246 g/mol. The third-order valence-electron chi connectivity index (χ3n) is 2.24. The number of carbonyl (C=O) groups is 1. The molecule has 1 aromatic rings. The van der Waals surface area contributed by atoms with Crippen LogP contribution >= 0.6 is 0 Å². The van der Waals surface area contributed by atoms with Gasteiger partial charge >= 0.3 is 5.97 Å². The van der Waals surface area contributed by atoms with Crippen molar-refractivity contribution in [1.82, 2.24) is 14.5 Å². The van der Waals surface area contributed by atoms with Gasteiger partial charge in [-0.1, -0.05) is 0 Å². The van der Waals surface area contributed by atoms with Crippen molar-refractivity contribution in [2.75, 3.05) is 6.54 Å². The van der Waals surface area contributed by atoms with Crippen molar-refractivity contribution < 1.29 is 18.3 Å². The molecule has 1 atom stereocenters. The zero-order valence-electron chi connectivity index (χ0n) is 9.41. The molecule has 0 amide bonds. The summed E-state index contributed by atoms with van der Waals surface area (Å²) in [4.78, 5) is 10.5. The van der Waals surface area contributed by atoms with Gasteiger partial charge in [0.1, 0.15) is 0 Å². The van der Waals surface area contributed by atoms with E-state index >= 15 is 0 Å². The van der Waals surface area contributed by atoms with Gasteiger partial charge in [0.25, 0.3) is 0 Å². The number of nitrogens with one attached hydrogen (secondary N) is 1. The molecule has 0 aliphatic heterocycles. The molecule has 2 N–H and O–H groups in total. The topological polar surface area (TPSA) is 101 Å². The van der Waals surface area contributed by atoms with Gasteiger partial charge in [0.05, 0.1) is 0 Å². The number of nitrogens with zero attached hydrogens (tertiary/aromatic N) is 2. The average Bonchev–Trinajstić information content (AvgIpc) is 2.76. The lowest BCUT2D eigenvalue weighted by Gasteiger charge is -2.09. The predicted octanol–water partition coefficient (Wildman–Crippen LogP) is -0.334. The molecule has 1 unspecified atom stereocenters. The Kier molecular flexibility index (Phi) is 4.64. The number of carboxylic acids is 1. The average molecular weight is 261 g/mol. The molecule has 0 bridgehead atoms. The van der Waals surface area contributed by atoms with E-state index < -0.39 is 21.2 Å². The summed E-state index contributed by atoms with van der Waals surface area (Å²) in [6.45, 7) is 1.91. The molecule has 1 heterocycles. The molecule has 0 radical (unpaired) electrons. The van der Waals surface area contributed by atoms with E-state index in [9.17, 15) is 13.2 Å². The van der Waals surface area contributed by atoms with Crippen LogP contribution in [0.3, 0.4) is 0 Å². The van der Waals surface area contributed by atoms with Crippen LogP contribution in [0.5, 0.6) is 0 Å². The van der Waals surface area contributed by atoms with Gasteiger partial charge in [0.15, 0.2) is 5.25 Å². The van der Waals surface area contributed by atoms with Crippen LogP contribution in [0.15, 0.2) is 18.5 Å². The maximum atomic E-state index is 11.4. The first-order chi connectivity index (χ1) is 7.93. The van der Waals surface area contributed by atoms with Crippen LogP contribution in [-0.4, -0.2) is 41.1 Å². The van der Waals surface area contributed by atoms with Crippen LogP contribution < -0.4 is 4.72 Å². The highest BCUT2D eigenvalue weighted by Crippen LogP contribution is 1.98. The number of aromatic nitrogens is 2. The fourth-order valence-electron chi connectivity index (χ4n) is 1.15. The van der Waals surface area contributed by atoms with Crippen LogP contribution in [0.2, 0.25) is 0 Å². The van der Waals surface area contributed by atoms with Gasteiger partial charge in [-0.2, -0.15) is 5.10 Å². The van der Waals surface area contributed by atoms with E-state index in [1.165, 1.54) is 0 Å². The molecule has 0 aliphatic rings. The molecule has 0 aromatic carbocycles. The Morgan fingerprint density at radius 2 is 2.29 bits per heavy atom. The lowest BCUT2D eigenvalue weighted by atomic mass is 10.4. The van der Waals surface area contributed by atoms with Crippen molar-refractivity contribution in [2.24, 2.45) is 0 Å². The Labute approximate surface area is 99.5 Å². The third-order valence-corrected chi connectivity index (χ3v) is 3.98. The lowest BCUT2D eigenvalue weighted by Crippen LogP contribution is -2.38. The maximum absolute atomic E-state index is 11.4. The summed E-state index contributed by atoms with van der Waals surface area (Å²) in [5, 5.41) is 11.1. The van der Waals surface area contributed by atoms with E-state index in [1.807, 2.05) is 0 Å². The third kappa shape index (κ3) is 4.16. The Morgan fingerprint density at radius 3 is 2.82 bits per heavy atom. The minimum absolute atomic E-state index is 0.194. The zero-order chi connectivity index (χ0) is 12.9. The van der Waals surface area contributed by atoms with Gasteiger partial charge in [-0.25, -0.2) is 13.1 Å². The smallest absolute Gasteiger partial charge is 0.323 e. The largest absolute Gasteiger partial charge is 0.480 e. The summed E-state index contributed by atoms with van der Waals surface area (Å²) in [6, 6.07) is 1.77. The van der Waals surface area contributed by atoms with Crippen molar-refractivity contribution in [3.05, 3.63) is 18.5 Å². The number of aryl methyl sites for hydroxylation is 1. The molecule has 96 valence electrons. The summed E-state index contributed by atoms with van der Waals surface area (Å²) >= 11 is 0. The molecule has 0 saturated heterocycles. The predicted molar refractivity (Wildman–Crippen MR) is 60.9 cm³/mol. The minimum Gasteiger partial charge on any atom is -0.480 e. The van der Waals surface area contributed by atoms with E-state index in [0.29, 0.717) is 13.0 Å². The second-order valence-corrected chi connectivity index (χ2v) is 5.63. The second-order valence-electron chi connectivity index (χ2n) is 3.54. The molecule has 0 saturated carbocycles. The minimum atomic E-state index is -3.78. The van der Waals surface area contributed by atoms with Crippen LogP contribution in [0.1, 0.15) is 13.3 Å². The van der Waals surface area contributed by atoms with Gasteiger partial charge in [-0.05, 0) is 19.4 Å².